The van der Waals surface area contributed by atoms with E-state index in [0.717, 1.165) is 31.1 Å². The molecule has 6 nitrogen and oxygen atoms in total. The van der Waals surface area contributed by atoms with Gasteiger partial charge in [-0.25, -0.2) is 0 Å². The van der Waals surface area contributed by atoms with Crippen molar-refractivity contribution in [3.8, 4) is 0 Å². The lowest BCUT2D eigenvalue weighted by atomic mass is 10.1. The number of thioether (sulfide) groups is 1. The summed E-state index contributed by atoms with van der Waals surface area (Å²) in [5, 5.41) is 5.96. The fraction of sp³-hybridized carbons (Fsp3) is 0.500. The van der Waals surface area contributed by atoms with Crippen molar-refractivity contribution < 1.29 is 14.3 Å². The van der Waals surface area contributed by atoms with Gasteiger partial charge in [0.1, 0.15) is 6.10 Å². The maximum absolute atomic E-state index is 12.5. The number of benzene rings is 1. The Balaban J connectivity index is 1.64. The molecular formula is C16H21N3O3S. The number of amides is 2. The minimum Gasteiger partial charge on any atom is -0.366 e. The molecule has 2 fully saturated rings. The first kappa shape index (κ1) is 16.3. The molecule has 2 aliphatic heterocycles. The number of anilines is 1. The Labute approximate surface area is 139 Å². The fourth-order valence-electron chi connectivity index (χ4n) is 2.64. The molecule has 1 aromatic carbocycles. The van der Waals surface area contributed by atoms with Crippen LogP contribution in [0.4, 0.5) is 5.69 Å². The van der Waals surface area contributed by atoms with Crippen LogP contribution in [0.5, 0.6) is 0 Å². The van der Waals surface area contributed by atoms with E-state index >= 15 is 0 Å². The Morgan fingerprint density at radius 3 is 2.87 bits per heavy atom. The minimum absolute atomic E-state index is 0.0250. The van der Waals surface area contributed by atoms with E-state index in [1.165, 1.54) is 0 Å². The smallest absolute Gasteiger partial charge is 0.254 e. The Bertz CT molecular complexity index is 569. The number of hydrogen-bond donors (Lipinski definition) is 2. The summed E-state index contributed by atoms with van der Waals surface area (Å²) in [4.78, 5) is 26.6. The average molecular weight is 335 g/mol. The van der Waals surface area contributed by atoms with Crippen LogP contribution in [-0.2, 0) is 9.53 Å². The normalized spacial score (nSPS) is 21.7. The largest absolute Gasteiger partial charge is 0.366 e. The number of morpholine rings is 1. The van der Waals surface area contributed by atoms with E-state index in [2.05, 4.69) is 10.6 Å². The number of carbonyl (C=O) groups is 2. The molecule has 0 aliphatic carbocycles. The summed E-state index contributed by atoms with van der Waals surface area (Å²) in [6, 6.07) is 7.11. The highest BCUT2D eigenvalue weighted by atomic mass is 32.2. The third-order valence-corrected chi connectivity index (χ3v) is 4.84. The van der Waals surface area contributed by atoms with Crippen LogP contribution in [0.1, 0.15) is 10.4 Å². The number of hydrogen-bond acceptors (Lipinski definition) is 5. The molecule has 0 aromatic heterocycles. The Morgan fingerprint density at radius 2 is 2.13 bits per heavy atom. The van der Waals surface area contributed by atoms with Crippen LogP contribution >= 0.6 is 11.8 Å². The highest BCUT2D eigenvalue weighted by molar-refractivity contribution is 7.99. The van der Waals surface area contributed by atoms with Crippen LogP contribution in [0, 0.1) is 0 Å². The molecule has 0 spiro atoms. The first-order valence-corrected chi connectivity index (χ1v) is 9.00. The molecule has 2 heterocycles. The predicted molar refractivity (Wildman–Crippen MR) is 90.9 cm³/mol. The van der Waals surface area contributed by atoms with Crippen molar-refractivity contribution in [2.45, 2.75) is 6.10 Å². The number of carbonyl (C=O) groups excluding carboxylic acids is 2. The molecule has 2 saturated heterocycles. The zero-order valence-corrected chi connectivity index (χ0v) is 13.7. The molecule has 2 aliphatic rings. The van der Waals surface area contributed by atoms with Crippen LogP contribution in [0.3, 0.4) is 0 Å². The maximum Gasteiger partial charge on any atom is 0.254 e. The predicted octanol–water partition coefficient (Wildman–Crippen LogP) is 0.802. The van der Waals surface area contributed by atoms with Gasteiger partial charge < -0.3 is 20.3 Å². The summed E-state index contributed by atoms with van der Waals surface area (Å²) in [5.41, 5.74) is 1.23. The zero-order valence-electron chi connectivity index (χ0n) is 12.9. The quantitative estimate of drug-likeness (QED) is 0.855. The monoisotopic (exact) mass is 335 g/mol. The van der Waals surface area contributed by atoms with E-state index in [-0.39, 0.29) is 11.8 Å². The van der Waals surface area contributed by atoms with E-state index in [9.17, 15) is 9.59 Å². The van der Waals surface area contributed by atoms with Crippen LogP contribution in [0.2, 0.25) is 0 Å². The van der Waals surface area contributed by atoms with Gasteiger partial charge in [0.25, 0.3) is 11.8 Å². The van der Waals surface area contributed by atoms with E-state index in [4.69, 9.17) is 4.74 Å². The van der Waals surface area contributed by atoms with Gasteiger partial charge in [-0.15, -0.1) is 0 Å². The first-order valence-electron chi connectivity index (χ1n) is 7.84. The van der Waals surface area contributed by atoms with Crippen LogP contribution < -0.4 is 10.6 Å². The number of ether oxygens (including phenoxy) is 1. The number of nitrogens with one attached hydrogen (secondary N) is 2. The molecule has 0 bridgehead atoms. The lowest BCUT2D eigenvalue weighted by Crippen LogP contribution is -2.45. The third kappa shape index (κ3) is 4.25. The second-order valence-electron chi connectivity index (χ2n) is 5.54. The molecule has 3 rings (SSSR count). The van der Waals surface area contributed by atoms with Crippen LogP contribution in [-0.4, -0.2) is 67.1 Å². The summed E-state index contributed by atoms with van der Waals surface area (Å²) >= 11 is 1.87. The summed E-state index contributed by atoms with van der Waals surface area (Å²) in [5.74, 6) is 1.80. The second kappa shape index (κ2) is 7.81. The summed E-state index contributed by atoms with van der Waals surface area (Å²) < 4.78 is 5.43. The van der Waals surface area contributed by atoms with Gasteiger partial charge in [-0.05, 0) is 18.2 Å². The fourth-order valence-corrected chi connectivity index (χ4v) is 3.54. The Hall–Kier alpha value is -1.57. The SMILES string of the molecule is O=C(Nc1cccc(C(=O)N2CCSCC2)c1)C1CNCCO1. The molecule has 1 atom stereocenters. The van der Waals surface area contributed by atoms with Gasteiger partial charge in [0, 0.05) is 48.9 Å². The van der Waals surface area contributed by atoms with Gasteiger partial charge in [0.15, 0.2) is 0 Å². The van der Waals surface area contributed by atoms with Gasteiger partial charge >= 0.3 is 0 Å². The van der Waals surface area contributed by atoms with E-state index in [0.29, 0.717) is 24.4 Å². The molecule has 0 radical (unpaired) electrons. The lowest BCUT2D eigenvalue weighted by Gasteiger charge is -2.26. The molecule has 124 valence electrons. The summed E-state index contributed by atoms with van der Waals surface area (Å²) in [6.07, 6.45) is -0.484. The molecule has 2 amide bonds. The summed E-state index contributed by atoms with van der Waals surface area (Å²) in [7, 11) is 0. The lowest BCUT2D eigenvalue weighted by molar-refractivity contribution is -0.128. The van der Waals surface area contributed by atoms with E-state index in [1.807, 2.05) is 16.7 Å². The Kier molecular flexibility index (Phi) is 5.53. The molecular weight excluding hydrogens is 314 g/mol. The first-order chi connectivity index (χ1) is 11.2. The zero-order chi connectivity index (χ0) is 16.1. The van der Waals surface area contributed by atoms with Gasteiger partial charge in [-0.2, -0.15) is 11.8 Å². The van der Waals surface area contributed by atoms with Crippen molar-refractivity contribution >= 4 is 29.3 Å². The second-order valence-corrected chi connectivity index (χ2v) is 6.76. The highest BCUT2D eigenvalue weighted by Crippen LogP contribution is 2.16. The maximum atomic E-state index is 12.5. The number of nitrogens with zero attached hydrogens (tertiary/aromatic N) is 1. The summed E-state index contributed by atoms with van der Waals surface area (Å²) in [6.45, 7) is 3.37. The molecule has 2 N–H and O–H groups in total. The van der Waals surface area contributed by atoms with Gasteiger partial charge in [0.2, 0.25) is 0 Å². The van der Waals surface area contributed by atoms with Crippen molar-refractivity contribution in [3.05, 3.63) is 29.8 Å². The standard InChI is InChI=1S/C16H21N3O3S/c20-15(14-11-17-4-7-22-14)18-13-3-1-2-12(10-13)16(21)19-5-8-23-9-6-19/h1-3,10,14,17H,4-9,11H2,(H,18,20). The highest BCUT2D eigenvalue weighted by Gasteiger charge is 2.22. The molecule has 1 unspecified atom stereocenters. The van der Waals surface area contributed by atoms with Crippen LogP contribution in [0.25, 0.3) is 0 Å². The Morgan fingerprint density at radius 1 is 1.30 bits per heavy atom. The van der Waals surface area contributed by atoms with Gasteiger partial charge in [0.05, 0.1) is 6.61 Å². The molecule has 1 aromatic rings. The third-order valence-electron chi connectivity index (χ3n) is 3.90. The average Bonchev–Trinajstić information content (AvgIpc) is 2.63. The minimum atomic E-state index is -0.484. The van der Waals surface area contributed by atoms with Crippen LogP contribution in [0.15, 0.2) is 24.3 Å². The topological polar surface area (TPSA) is 70.7 Å². The van der Waals surface area contributed by atoms with Gasteiger partial charge in [-0.1, -0.05) is 6.07 Å². The molecule has 7 heteroatoms. The van der Waals surface area contributed by atoms with Gasteiger partial charge in [-0.3, -0.25) is 9.59 Å². The van der Waals surface area contributed by atoms with Crippen molar-refractivity contribution in [2.24, 2.45) is 0 Å². The van der Waals surface area contributed by atoms with Crippen molar-refractivity contribution in [1.29, 1.82) is 0 Å². The number of rotatable bonds is 3. The van der Waals surface area contributed by atoms with Crippen molar-refractivity contribution in [3.63, 3.8) is 0 Å². The van der Waals surface area contributed by atoms with Crippen molar-refractivity contribution in [2.75, 3.05) is 49.6 Å². The molecule has 0 saturated carbocycles. The van der Waals surface area contributed by atoms with Crippen molar-refractivity contribution in [1.82, 2.24) is 10.2 Å². The van der Waals surface area contributed by atoms with E-state index in [1.54, 1.807) is 24.3 Å². The van der Waals surface area contributed by atoms with E-state index < -0.39 is 6.10 Å². The molecule has 23 heavy (non-hydrogen) atoms.